The fourth-order valence-electron chi connectivity index (χ4n) is 3.43. The van der Waals surface area contributed by atoms with Gasteiger partial charge in [-0.25, -0.2) is 0 Å². The Morgan fingerprint density at radius 2 is 1.93 bits per heavy atom. The lowest BCUT2D eigenvalue weighted by Gasteiger charge is -2.29. The molecule has 0 aliphatic carbocycles. The minimum absolute atomic E-state index is 0.0992. The molecule has 1 atom stereocenters. The quantitative estimate of drug-likeness (QED) is 0.729. The first-order valence-electron chi connectivity index (χ1n) is 8.98. The highest BCUT2D eigenvalue weighted by atomic mass is 16.2. The second-order valence-electron chi connectivity index (χ2n) is 6.77. The topological polar surface area (TPSA) is 126 Å². The summed E-state index contributed by atoms with van der Waals surface area (Å²) in [5, 5.41) is 4.48. The molecule has 1 unspecified atom stereocenters. The van der Waals surface area contributed by atoms with Crippen molar-refractivity contribution in [3.8, 4) is 0 Å². The van der Waals surface area contributed by atoms with E-state index in [1.807, 2.05) is 0 Å². The molecular formula is C20H16N4O5. The minimum atomic E-state index is -0.726. The Bertz CT molecular complexity index is 1050. The van der Waals surface area contributed by atoms with Crippen LogP contribution in [0.5, 0.6) is 0 Å². The zero-order chi connectivity index (χ0) is 20.5. The number of nitrogens with zero attached hydrogens (tertiary/aromatic N) is 2. The molecule has 0 radical (unpaired) electrons. The van der Waals surface area contributed by atoms with E-state index in [9.17, 15) is 24.0 Å². The smallest absolute Gasteiger partial charge is 0.276 e. The molecule has 146 valence electrons. The number of hydrogen-bond donors (Lipinski definition) is 2. The fourth-order valence-corrected chi connectivity index (χ4v) is 3.43. The zero-order valence-electron chi connectivity index (χ0n) is 15.2. The molecular weight excluding hydrogens is 376 g/mol. The van der Waals surface area contributed by atoms with E-state index < -0.39 is 23.8 Å². The van der Waals surface area contributed by atoms with Gasteiger partial charge >= 0.3 is 0 Å². The average Bonchev–Trinajstić information content (AvgIpc) is 3.04. The second kappa shape index (κ2) is 7.27. The molecule has 1 fully saturated rings. The summed E-state index contributed by atoms with van der Waals surface area (Å²) in [4.78, 5) is 66.0. The minimum Gasteiger partial charge on any atom is -0.322 e. The molecule has 2 N–H and O–H groups in total. The van der Waals surface area contributed by atoms with Crippen molar-refractivity contribution in [2.45, 2.75) is 25.4 Å². The first kappa shape index (κ1) is 18.5. The maximum atomic E-state index is 12.8. The van der Waals surface area contributed by atoms with Crippen molar-refractivity contribution < 1.29 is 24.0 Å². The predicted octanol–water partition coefficient (Wildman–Crippen LogP) is 0.413. The summed E-state index contributed by atoms with van der Waals surface area (Å²) in [5.41, 5.74) is 1.22. The van der Waals surface area contributed by atoms with E-state index in [4.69, 9.17) is 0 Å². The van der Waals surface area contributed by atoms with Crippen LogP contribution >= 0.6 is 0 Å². The SMILES string of the molecule is O=C1CCC(N2Cc3ccc(C(=O)NC(=O)c4ccccn4)cc3C2=O)C(=O)N1. The molecule has 0 saturated carbocycles. The Morgan fingerprint density at radius 3 is 2.66 bits per heavy atom. The molecule has 1 aromatic heterocycles. The van der Waals surface area contributed by atoms with Gasteiger partial charge in [-0.3, -0.25) is 39.6 Å². The Hall–Kier alpha value is -3.88. The first-order valence-corrected chi connectivity index (χ1v) is 8.98. The van der Waals surface area contributed by atoms with Gasteiger partial charge in [-0.15, -0.1) is 0 Å². The van der Waals surface area contributed by atoms with Crippen LogP contribution in [0.25, 0.3) is 0 Å². The van der Waals surface area contributed by atoms with Crippen molar-refractivity contribution in [1.29, 1.82) is 0 Å². The van der Waals surface area contributed by atoms with Crippen molar-refractivity contribution in [2.24, 2.45) is 0 Å². The molecule has 2 aliphatic rings. The van der Waals surface area contributed by atoms with Gasteiger partial charge < -0.3 is 4.90 Å². The molecule has 1 saturated heterocycles. The van der Waals surface area contributed by atoms with Gasteiger partial charge in [-0.1, -0.05) is 12.1 Å². The van der Waals surface area contributed by atoms with Crippen LogP contribution in [0.2, 0.25) is 0 Å². The van der Waals surface area contributed by atoms with E-state index in [0.717, 1.165) is 0 Å². The van der Waals surface area contributed by atoms with Gasteiger partial charge in [0.25, 0.3) is 17.7 Å². The van der Waals surface area contributed by atoms with E-state index in [-0.39, 0.29) is 42.5 Å². The van der Waals surface area contributed by atoms with Gasteiger partial charge in [-0.05, 0) is 36.2 Å². The van der Waals surface area contributed by atoms with Crippen LogP contribution in [0.15, 0.2) is 42.6 Å². The summed E-state index contributed by atoms with van der Waals surface area (Å²) in [6.07, 6.45) is 1.87. The number of piperidine rings is 1. The lowest BCUT2D eigenvalue weighted by molar-refractivity contribution is -0.136. The Balaban J connectivity index is 1.50. The average molecular weight is 392 g/mol. The van der Waals surface area contributed by atoms with Gasteiger partial charge in [0.15, 0.2) is 0 Å². The van der Waals surface area contributed by atoms with Gasteiger partial charge in [0, 0.05) is 30.3 Å². The van der Waals surface area contributed by atoms with Gasteiger partial charge in [0.1, 0.15) is 11.7 Å². The number of fused-ring (bicyclic) bond motifs is 1. The molecule has 0 bridgehead atoms. The number of benzene rings is 1. The third-order valence-electron chi connectivity index (χ3n) is 4.91. The summed E-state index contributed by atoms with van der Waals surface area (Å²) in [6.45, 7) is 0.217. The predicted molar refractivity (Wildman–Crippen MR) is 98.5 cm³/mol. The molecule has 5 amide bonds. The second-order valence-corrected chi connectivity index (χ2v) is 6.77. The Kier molecular flexibility index (Phi) is 4.63. The number of rotatable bonds is 3. The summed E-state index contributed by atoms with van der Waals surface area (Å²) in [6, 6.07) is 8.58. The van der Waals surface area contributed by atoms with Gasteiger partial charge in [0.2, 0.25) is 11.8 Å². The highest BCUT2D eigenvalue weighted by molar-refractivity contribution is 6.11. The monoisotopic (exact) mass is 392 g/mol. The van der Waals surface area contributed by atoms with Crippen molar-refractivity contribution in [2.75, 3.05) is 0 Å². The summed E-state index contributed by atoms with van der Waals surface area (Å²) < 4.78 is 0. The maximum Gasteiger partial charge on any atom is 0.276 e. The number of nitrogens with one attached hydrogen (secondary N) is 2. The maximum absolute atomic E-state index is 12.8. The zero-order valence-corrected chi connectivity index (χ0v) is 15.2. The molecule has 9 nitrogen and oxygen atoms in total. The number of amides is 5. The fraction of sp³-hybridized carbons (Fsp3) is 0.200. The Morgan fingerprint density at radius 1 is 1.10 bits per heavy atom. The third kappa shape index (κ3) is 3.49. The van der Waals surface area contributed by atoms with E-state index >= 15 is 0 Å². The number of pyridine rings is 1. The molecule has 3 heterocycles. The summed E-state index contributed by atoms with van der Waals surface area (Å²) >= 11 is 0. The van der Waals surface area contributed by atoms with Crippen molar-refractivity contribution >= 4 is 29.5 Å². The van der Waals surface area contributed by atoms with E-state index in [2.05, 4.69) is 15.6 Å². The van der Waals surface area contributed by atoms with Crippen LogP contribution in [0.4, 0.5) is 0 Å². The number of hydrogen-bond acceptors (Lipinski definition) is 6. The summed E-state index contributed by atoms with van der Waals surface area (Å²) in [5.74, 6) is -2.54. The third-order valence-corrected chi connectivity index (χ3v) is 4.91. The highest BCUT2D eigenvalue weighted by Crippen LogP contribution is 2.28. The largest absolute Gasteiger partial charge is 0.322 e. The molecule has 9 heteroatoms. The molecule has 4 rings (SSSR count). The Labute approximate surface area is 165 Å². The number of imide groups is 2. The number of carbonyl (C=O) groups excluding carboxylic acids is 5. The van der Waals surface area contributed by atoms with E-state index in [1.54, 1.807) is 18.2 Å². The lowest BCUT2D eigenvalue weighted by atomic mass is 10.0. The summed E-state index contributed by atoms with van der Waals surface area (Å²) in [7, 11) is 0. The van der Waals surface area contributed by atoms with Gasteiger partial charge in [0.05, 0.1) is 0 Å². The van der Waals surface area contributed by atoms with Crippen LogP contribution in [0.3, 0.4) is 0 Å². The normalized spacial score (nSPS) is 18.3. The number of aromatic nitrogens is 1. The van der Waals surface area contributed by atoms with Crippen LogP contribution in [-0.4, -0.2) is 45.5 Å². The van der Waals surface area contributed by atoms with Crippen LogP contribution < -0.4 is 10.6 Å². The van der Waals surface area contributed by atoms with Crippen molar-refractivity contribution in [1.82, 2.24) is 20.5 Å². The molecule has 2 aromatic rings. The van der Waals surface area contributed by atoms with Crippen LogP contribution in [0, 0.1) is 0 Å². The highest BCUT2D eigenvalue weighted by Gasteiger charge is 2.39. The standard InChI is InChI=1S/C20H16N4O5/c25-16-7-6-15(19(28)22-16)24-10-12-5-4-11(9-13(12)20(24)29)17(26)23-18(27)14-3-1-2-8-21-14/h1-5,8-9,15H,6-7,10H2,(H,22,25,28)(H,23,26,27). The number of carbonyl (C=O) groups is 5. The van der Waals surface area contributed by atoms with Crippen molar-refractivity contribution in [3.05, 3.63) is 65.0 Å². The first-order chi connectivity index (χ1) is 13.9. The lowest BCUT2D eigenvalue weighted by Crippen LogP contribution is -2.52. The van der Waals surface area contributed by atoms with Crippen LogP contribution in [0.1, 0.15) is 49.6 Å². The molecule has 1 aromatic carbocycles. The van der Waals surface area contributed by atoms with Gasteiger partial charge in [-0.2, -0.15) is 0 Å². The van der Waals surface area contributed by atoms with Crippen LogP contribution in [-0.2, 0) is 16.1 Å². The molecule has 0 spiro atoms. The van der Waals surface area contributed by atoms with Crippen molar-refractivity contribution in [3.63, 3.8) is 0 Å². The molecule has 29 heavy (non-hydrogen) atoms. The van der Waals surface area contributed by atoms with E-state index in [0.29, 0.717) is 11.1 Å². The van der Waals surface area contributed by atoms with E-state index in [1.165, 1.54) is 29.3 Å². The molecule has 2 aliphatic heterocycles.